The Hall–Kier alpha value is -1.64. The van der Waals surface area contributed by atoms with Crippen molar-refractivity contribution in [3.63, 3.8) is 0 Å². The monoisotopic (exact) mass is 409 g/mol. The molecule has 0 aliphatic carbocycles. The minimum Gasteiger partial charge on any atom is -0.496 e. The van der Waals surface area contributed by atoms with Gasteiger partial charge in [0.25, 0.3) is 0 Å². The minimum atomic E-state index is -0.683. The van der Waals surface area contributed by atoms with Gasteiger partial charge in [-0.25, -0.2) is 4.39 Å². The van der Waals surface area contributed by atoms with Gasteiger partial charge in [-0.15, -0.1) is 0 Å². The first-order valence-corrected chi connectivity index (χ1v) is 9.77. The van der Waals surface area contributed by atoms with Gasteiger partial charge in [-0.2, -0.15) is 0 Å². The first kappa shape index (κ1) is 23.6. The van der Waals surface area contributed by atoms with Crippen molar-refractivity contribution in [1.29, 1.82) is 0 Å². The second-order valence-corrected chi connectivity index (χ2v) is 9.53. The maximum absolute atomic E-state index is 15.0. The number of nitrogens with zero attached hydrogens (tertiary/aromatic N) is 1. The Morgan fingerprint density at radius 1 is 1.17 bits per heavy atom. The number of hydrogen-bond donors (Lipinski definition) is 0. The summed E-state index contributed by atoms with van der Waals surface area (Å²) in [6.07, 6.45) is 0. The Bertz CT molecular complexity index is 744. The second-order valence-electron chi connectivity index (χ2n) is 9.53. The SMILES string of the molecule is COc1cc(B2OC(C)(C)C(C)(C)O2)cc(F)c1CN(C)CC(=O)OC(C)(C)C. The second kappa shape index (κ2) is 8.24. The van der Waals surface area contributed by atoms with Crippen LogP contribution < -0.4 is 10.2 Å². The molecule has 1 aliphatic rings. The van der Waals surface area contributed by atoms with E-state index >= 15 is 0 Å². The number of halogens is 1. The van der Waals surface area contributed by atoms with Gasteiger partial charge < -0.3 is 18.8 Å². The van der Waals surface area contributed by atoms with Gasteiger partial charge in [-0.05, 0) is 73.1 Å². The van der Waals surface area contributed by atoms with Gasteiger partial charge >= 0.3 is 13.1 Å². The van der Waals surface area contributed by atoms with Crippen molar-refractivity contribution < 1.29 is 28.0 Å². The highest BCUT2D eigenvalue weighted by Gasteiger charge is 2.52. The highest BCUT2D eigenvalue weighted by molar-refractivity contribution is 6.62. The third-order valence-corrected chi connectivity index (χ3v) is 5.17. The van der Waals surface area contributed by atoms with E-state index in [1.54, 1.807) is 18.0 Å². The van der Waals surface area contributed by atoms with Crippen molar-refractivity contribution in [1.82, 2.24) is 4.90 Å². The van der Waals surface area contributed by atoms with E-state index in [2.05, 4.69) is 0 Å². The van der Waals surface area contributed by atoms with E-state index in [9.17, 15) is 9.18 Å². The average Bonchev–Trinajstić information content (AvgIpc) is 2.75. The Balaban J connectivity index is 2.18. The molecule has 6 nitrogen and oxygen atoms in total. The normalized spacial score (nSPS) is 18.2. The lowest BCUT2D eigenvalue weighted by Crippen LogP contribution is -2.41. The van der Waals surface area contributed by atoms with E-state index in [0.717, 1.165) is 0 Å². The van der Waals surface area contributed by atoms with Crippen LogP contribution in [0.25, 0.3) is 0 Å². The van der Waals surface area contributed by atoms with Crippen LogP contribution in [0.4, 0.5) is 4.39 Å². The lowest BCUT2D eigenvalue weighted by Gasteiger charge is -2.32. The highest BCUT2D eigenvalue weighted by Crippen LogP contribution is 2.37. The molecule has 1 saturated heterocycles. The largest absolute Gasteiger partial charge is 0.496 e. The number of methoxy groups -OCH3 is 1. The lowest BCUT2D eigenvalue weighted by atomic mass is 9.78. The maximum Gasteiger partial charge on any atom is 0.495 e. The molecule has 0 spiro atoms. The first-order chi connectivity index (χ1) is 13.1. The van der Waals surface area contributed by atoms with Gasteiger partial charge in [0.15, 0.2) is 0 Å². The van der Waals surface area contributed by atoms with E-state index in [1.165, 1.54) is 13.2 Å². The molecule has 1 fully saturated rings. The Labute approximate surface area is 173 Å². The van der Waals surface area contributed by atoms with E-state index in [4.69, 9.17) is 18.8 Å². The molecule has 0 aromatic heterocycles. The van der Waals surface area contributed by atoms with Gasteiger partial charge in [0.2, 0.25) is 0 Å². The number of benzene rings is 1. The molecule has 0 unspecified atom stereocenters. The van der Waals surface area contributed by atoms with Crippen molar-refractivity contribution in [3.8, 4) is 5.75 Å². The molecule has 2 rings (SSSR count). The fraction of sp³-hybridized carbons (Fsp3) is 0.667. The number of ether oxygens (including phenoxy) is 2. The van der Waals surface area contributed by atoms with Crippen molar-refractivity contribution in [2.45, 2.75) is 71.8 Å². The van der Waals surface area contributed by atoms with E-state index in [1.807, 2.05) is 48.5 Å². The van der Waals surface area contributed by atoms with Crippen molar-refractivity contribution in [3.05, 3.63) is 23.5 Å². The summed E-state index contributed by atoms with van der Waals surface area (Å²) in [5, 5.41) is 0. The van der Waals surface area contributed by atoms with E-state index in [-0.39, 0.29) is 19.1 Å². The lowest BCUT2D eigenvalue weighted by molar-refractivity contribution is -0.155. The smallest absolute Gasteiger partial charge is 0.495 e. The van der Waals surface area contributed by atoms with Crippen LogP contribution in [0.5, 0.6) is 5.75 Å². The van der Waals surface area contributed by atoms with E-state index < -0.39 is 29.7 Å². The summed E-state index contributed by atoms with van der Waals surface area (Å²) in [6, 6.07) is 3.13. The Morgan fingerprint density at radius 3 is 2.21 bits per heavy atom. The molecule has 1 aromatic carbocycles. The van der Waals surface area contributed by atoms with Crippen LogP contribution in [0.15, 0.2) is 12.1 Å². The van der Waals surface area contributed by atoms with Gasteiger partial charge in [-0.1, -0.05) is 0 Å². The molecule has 1 aliphatic heterocycles. The minimum absolute atomic E-state index is 0.0405. The van der Waals surface area contributed by atoms with Gasteiger partial charge in [0, 0.05) is 12.1 Å². The van der Waals surface area contributed by atoms with Crippen molar-refractivity contribution in [2.24, 2.45) is 0 Å². The molecule has 0 amide bonds. The summed E-state index contributed by atoms with van der Waals surface area (Å²) in [6.45, 7) is 13.4. The topological polar surface area (TPSA) is 57.2 Å². The summed E-state index contributed by atoms with van der Waals surface area (Å²) in [7, 11) is 2.53. The molecule has 0 bridgehead atoms. The van der Waals surface area contributed by atoms with Crippen molar-refractivity contribution >= 4 is 18.6 Å². The maximum atomic E-state index is 15.0. The summed E-state index contributed by atoms with van der Waals surface area (Å²) in [4.78, 5) is 13.7. The van der Waals surface area contributed by atoms with Gasteiger partial charge in [0.1, 0.15) is 17.2 Å². The number of carbonyl (C=O) groups is 1. The third kappa shape index (κ3) is 5.71. The Kier molecular flexibility index (Phi) is 6.72. The third-order valence-electron chi connectivity index (χ3n) is 5.17. The molecule has 29 heavy (non-hydrogen) atoms. The molecule has 162 valence electrons. The fourth-order valence-electron chi connectivity index (χ4n) is 3.00. The molecule has 0 saturated carbocycles. The predicted octanol–water partition coefficient (Wildman–Crippen LogP) is 2.91. The molecular formula is C21H33BFNO5. The number of likely N-dealkylation sites (N-methyl/N-ethyl adjacent to an activating group) is 1. The zero-order valence-electron chi connectivity index (χ0n) is 19.0. The predicted molar refractivity (Wildman–Crippen MR) is 111 cm³/mol. The Morgan fingerprint density at radius 2 is 1.72 bits per heavy atom. The standard InChI is InChI=1S/C21H33BFNO5/c1-19(2,3)27-18(25)13-24(8)12-15-16(23)10-14(11-17(15)26-9)22-28-20(4,5)21(6,7)29-22/h10-11H,12-13H2,1-9H3. The summed E-state index contributed by atoms with van der Waals surface area (Å²) in [5.41, 5.74) is -0.692. The number of esters is 1. The highest BCUT2D eigenvalue weighted by atomic mass is 19.1. The van der Waals surface area contributed by atoms with E-state index in [0.29, 0.717) is 16.8 Å². The van der Waals surface area contributed by atoms with Crippen LogP contribution in [0, 0.1) is 5.82 Å². The van der Waals surface area contributed by atoms with Crippen LogP contribution in [0.1, 0.15) is 54.0 Å². The van der Waals surface area contributed by atoms with Crippen LogP contribution in [-0.2, 0) is 25.4 Å². The molecule has 0 radical (unpaired) electrons. The number of hydrogen-bond acceptors (Lipinski definition) is 6. The number of carbonyl (C=O) groups excluding carboxylic acids is 1. The molecule has 8 heteroatoms. The quantitative estimate of drug-likeness (QED) is 0.532. The summed E-state index contributed by atoms with van der Waals surface area (Å²) < 4.78 is 37.7. The van der Waals surface area contributed by atoms with Crippen molar-refractivity contribution in [2.75, 3.05) is 20.7 Å². The molecule has 0 atom stereocenters. The van der Waals surface area contributed by atoms with Crippen LogP contribution in [-0.4, -0.2) is 55.5 Å². The van der Waals surface area contributed by atoms with Gasteiger partial charge in [-0.3, -0.25) is 9.69 Å². The summed E-state index contributed by atoms with van der Waals surface area (Å²) >= 11 is 0. The molecular weight excluding hydrogens is 376 g/mol. The fourth-order valence-corrected chi connectivity index (χ4v) is 3.00. The molecule has 1 heterocycles. The zero-order chi connectivity index (χ0) is 22.2. The van der Waals surface area contributed by atoms with Crippen LogP contribution in [0.3, 0.4) is 0 Å². The van der Waals surface area contributed by atoms with Crippen LogP contribution in [0.2, 0.25) is 0 Å². The number of rotatable bonds is 6. The first-order valence-electron chi connectivity index (χ1n) is 9.77. The zero-order valence-corrected chi connectivity index (χ0v) is 19.0. The van der Waals surface area contributed by atoms with Gasteiger partial charge in [0.05, 0.1) is 24.9 Å². The molecule has 0 N–H and O–H groups in total. The molecule has 1 aromatic rings. The summed E-state index contributed by atoms with van der Waals surface area (Å²) in [5.74, 6) is -0.427. The average molecular weight is 409 g/mol. The van der Waals surface area contributed by atoms with Crippen LogP contribution >= 0.6 is 0 Å².